The van der Waals surface area contributed by atoms with E-state index in [-0.39, 0.29) is 17.9 Å². The molecule has 0 spiro atoms. The zero-order chi connectivity index (χ0) is 29.8. The van der Waals surface area contributed by atoms with Gasteiger partial charge in [0, 0.05) is 30.7 Å². The maximum Gasteiger partial charge on any atom is 0.335 e. The molecule has 1 aliphatic rings. The van der Waals surface area contributed by atoms with Crippen LogP contribution in [-0.4, -0.2) is 17.8 Å². The number of urea groups is 1. The molecule has 1 saturated heterocycles. The van der Waals surface area contributed by atoms with Crippen molar-refractivity contribution in [2.24, 2.45) is 0 Å². The third-order valence-corrected chi connectivity index (χ3v) is 7.54. The number of ether oxygens (including phenoxy) is 2. The number of carbonyl (C=O) groups excluding carboxylic acids is 3. The molecule has 1 aliphatic heterocycles. The van der Waals surface area contributed by atoms with Gasteiger partial charge in [-0.05, 0) is 78.4 Å². The lowest BCUT2D eigenvalue weighted by atomic mass is 10.1. The Balaban J connectivity index is 1.36. The first-order chi connectivity index (χ1) is 20.2. The lowest BCUT2D eigenvalue weighted by molar-refractivity contribution is -0.122. The Hall–Kier alpha value is -3.82. The van der Waals surface area contributed by atoms with Gasteiger partial charge in [0.05, 0.1) is 5.69 Å². The quantitative estimate of drug-likeness (QED) is 0.149. The number of amides is 4. The van der Waals surface area contributed by atoms with Crippen molar-refractivity contribution in [3.05, 3.63) is 127 Å². The second kappa shape index (κ2) is 13.0. The number of anilines is 1. The molecule has 5 rings (SSSR count). The van der Waals surface area contributed by atoms with Crippen LogP contribution in [0.5, 0.6) is 11.5 Å². The number of benzene rings is 4. The summed E-state index contributed by atoms with van der Waals surface area (Å²) in [5.74, 6) is -0.768. The fourth-order valence-electron chi connectivity index (χ4n) is 4.04. The van der Waals surface area contributed by atoms with E-state index in [1.807, 2.05) is 24.3 Å². The Morgan fingerprint density at radius 2 is 1.48 bits per heavy atom. The minimum absolute atomic E-state index is 0.0921. The van der Waals surface area contributed by atoms with E-state index in [2.05, 4.69) is 21.2 Å². The Kier molecular flexibility index (Phi) is 9.18. The van der Waals surface area contributed by atoms with Gasteiger partial charge in [0.25, 0.3) is 11.8 Å². The fraction of sp³-hybridized carbons (Fsp3) is 0.0645. The molecule has 0 saturated carbocycles. The van der Waals surface area contributed by atoms with Crippen LogP contribution in [0.4, 0.5) is 10.5 Å². The van der Waals surface area contributed by atoms with Gasteiger partial charge in [0.2, 0.25) is 0 Å². The molecule has 42 heavy (non-hydrogen) atoms. The maximum atomic E-state index is 13.5. The molecule has 212 valence electrons. The van der Waals surface area contributed by atoms with Crippen molar-refractivity contribution in [1.82, 2.24) is 5.32 Å². The van der Waals surface area contributed by atoms with Gasteiger partial charge in [0.1, 0.15) is 30.3 Å². The van der Waals surface area contributed by atoms with Crippen molar-refractivity contribution < 1.29 is 23.9 Å². The van der Waals surface area contributed by atoms with Gasteiger partial charge in [-0.25, -0.2) is 9.69 Å². The molecule has 0 atom stereocenters. The SMILES string of the molecule is O=C1NC(=O)N(c2ccc(OCc3ccc(Br)cc3)cc2)C(=O)/C1=C/c1cc(Cl)ccc1OCc1ccc(Cl)cc1Cl. The Morgan fingerprint density at radius 3 is 2.19 bits per heavy atom. The van der Waals surface area contributed by atoms with E-state index < -0.39 is 17.8 Å². The molecule has 0 bridgehead atoms. The summed E-state index contributed by atoms with van der Waals surface area (Å²) >= 11 is 21.9. The van der Waals surface area contributed by atoms with Gasteiger partial charge in [-0.1, -0.05) is 68.9 Å². The first kappa shape index (κ1) is 29.7. The average Bonchev–Trinajstić information content (AvgIpc) is 2.96. The Morgan fingerprint density at radius 1 is 0.786 bits per heavy atom. The number of nitrogens with zero attached hydrogens (tertiary/aromatic N) is 1. The van der Waals surface area contributed by atoms with Gasteiger partial charge in [-0.3, -0.25) is 14.9 Å². The molecule has 7 nitrogen and oxygen atoms in total. The van der Waals surface area contributed by atoms with Gasteiger partial charge in [-0.2, -0.15) is 0 Å². The minimum atomic E-state index is -0.870. The number of hydrogen-bond donors (Lipinski definition) is 1. The van der Waals surface area contributed by atoms with E-state index in [1.54, 1.807) is 60.7 Å². The predicted molar refractivity (Wildman–Crippen MR) is 166 cm³/mol. The third-order valence-electron chi connectivity index (χ3n) is 6.19. The van der Waals surface area contributed by atoms with Crippen molar-refractivity contribution in [1.29, 1.82) is 0 Å². The van der Waals surface area contributed by atoms with Crippen molar-refractivity contribution in [3.8, 4) is 11.5 Å². The predicted octanol–water partition coefficient (Wildman–Crippen LogP) is 8.23. The normalized spacial score (nSPS) is 14.2. The number of barbiturate groups is 1. The third kappa shape index (κ3) is 6.97. The van der Waals surface area contributed by atoms with E-state index in [4.69, 9.17) is 44.3 Å². The Labute approximate surface area is 264 Å². The smallest absolute Gasteiger partial charge is 0.335 e. The number of nitrogens with one attached hydrogen (secondary N) is 1. The van der Waals surface area contributed by atoms with Crippen molar-refractivity contribution >= 4 is 80.3 Å². The van der Waals surface area contributed by atoms with Gasteiger partial charge >= 0.3 is 6.03 Å². The number of carbonyl (C=O) groups is 3. The second-order valence-corrected chi connectivity index (χ2v) is 11.3. The Bertz CT molecular complexity index is 1710. The molecule has 1 heterocycles. The molecule has 1 N–H and O–H groups in total. The lowest BCUT2D eigenvalue weighted by Gasteiger charge is -2.26. The van der Waals surface area contributed by atoms with E-state index >= 15 is 0 Å². The van der Waals surface area contributed by atoms with Crippen LogP contribution in [0.2, 0.25) is 15.1 Å². The molecule has 4 aromatic rings. The highest BCUT2D eigenvalue weighted by Crippen LogP contribution is 2.30. The van der Waals surface area contributed by atoms with Crippen molar-refractivity contribution in [3.63, 3.8) is 0 Å². The highest BCUT2D eigenvalue weighted by atomic mass is 79.9. The number of hydrogen-bond acceptors (Lipinski definition) is 5. The first-order valence-electron chi connectivity index (χ1n) is 12.4. The summed E-state index contributed by atoms with van der Waals surface area (Å²) in [4.78, 5) is 39.8. The lowest BCUT2D eigenvalue weighted by Crippen LogP contribution is -2.54. The van der Waals surface area contributed by atoms with Crippen LogP contribution < -0.4 is 19.7 Å². The molecule has 4 aromatic carbocycles. The highest BCUT2D eigenvalue weighted by Gasteiger charge is 2.37. The summed E-state index contributed by atoms with van der Waals surface area (Å²) in [5, 5.41) is 3.49. The monoisotopic (exact) mass is 684 g/mol. The van der Waals surface area contributed by atoms with Gasteiger partial charge in [0.15, 0.2) is 0 Å². The van der Waals surface area contributed by atoms with Crippen LogP contribution in [0.3, 0.4) is 0 Å². The maximum absolute atomic E-state index is 13.5. The molecule has 0 unspecified atom stereocenters. The zero-order valence-electron chi connectivity index (χ0n) is 21.6. The molecule has 0 aliphatic carbocycles. The average molecular weight is 687 g/mol. The van der Waals surface area contributed by atoms with E-state index in [0.717, 1.165) is 14.9 Å². The molecular weight excluding hydrogens is 667 g/mol. The summed E-state index contributed by atoms with van der Waals surface area (Å²) in [5.41, 5.74) is 2.00. The largest absolute Gasteiger partial charge is 0.489 e. The summed E-state index contributed by atoms with van der Waals surface area (Å²) in [6.07, 6.45) is 1.33. The van der Waals surface area contributed by atoms with Crippen molar-refractivity contribution in [2.45, 2.75) is 13.2 Å². The topological polar surface area (TPSA) is 84.9 Å². The van der Waals surface area contributed by atoms with E-state index in [0.29, 0.717) is 44.3 Å². The van der Waals surface area contributed by atoms with Crippen LogP contribution in [0.25, 0.3) is 6.08 Å². The van der Waals surface area contributed by atoms with E-state index in [9.17, 15) is 14.4 Å². The van der Waals surface area contributed by atoms with Crippen LogP contribution in [0.1, 0.15) is 16.7 Å². The number of imide groups is 2. The minimum Gasteiger partial charge on any atom is -0.489 e. The summed E-state index contributed by atoms with van der Waals surface area (Å²) in [6, 6.07) is 23.0. The standard InChI is InChI=1S/C31H20BrCl3N2O5/c32-21-4-1-18(2-5-21)16-41-25-10-8-24(9-11-25)37-30(39)26(29(38)36-31(37)40)14-20-13-22(33)7-12-28(20)42-17-19-3-6-23(34)15-27(19)35/h1-15H,16-17H2,(H,36,38,40)/b26-14+. The number of halogens is 4. The second-order valence-electron chi connectivity index (χ2n) is 9.07. The van der Waals surface area contributed by atoms with E-state index in [1.165, 1.54) is 6.08 Å². The number of rotatable bonds is 8. The fourth-order valence-corrected chi connectivity index (χ4v) is 4.95. The zero-order valence-corrected chi connectivity index (χ0v) is 25.4. The first-order valence-corrected chi connectivity index (χ1v) is 14.4. The highest BCUT2D eigenvalue weighted by molar-refractivity contribution is 9.10. The molecular formula is C31H20BrCl3N2O5. The van der Waals surface area contributed by atoms with Crippen molar-refractivity contribution in [2.75, 3.05) is 4.90 Å². The summed E-state index contributed by atoms with van der Waals surface area (Å²) < 4.78 is 12.7. The molecule has 4 amide bonds. The summed E-state index contributed by atoms with van der Waals surface area (Å²) in [6.45, 7) is 0.431. The molecule has 1 fully saturated rings. The van der Waals surface area contributed by atoms with Gasteiger partial charge < -0.3 is 9.47 Å². The van der Waals surface area contributed by atoms with Crippen LogP contribution in [0, 0.1) is 0 Å². The van der Waals surface area contributed by atoms with Crippen LogP contribution >= 0.6 is 50.7 Å². The molecule has 0 aromatic heterocycles. The van der Waals surface area contributed by atoms with Gasteiger partial charge in [-0.15, -0.1) is 0 Å². The molecule has 0 radical (unpaired) electrons. The van der Waals surface area contributed by atoms with Crippen LogP contribution in [-0.2, 0) is 22.8 Å². The summed E-state index contributed by atoms with van der Waals surface area (Å²) in [7, 11) is 0. The van der Waals surface area contributed by atoms with Crippen LogP contribution in [0.15, 0.2) is 95.0 Å². The molecule has 11 heteroatoms.